The molecule has 2 aromatic carbocycles. The van der Waals surface area contributed by atoms with Crippen LogP contribution in [-0.2, 0) is 6.54 Å². The maximum Gasteiger partial charge on any atom is 0.251 e. The van der Waals surface area contributed by atoms with Gasteiger partial charge in [0, 0.05) is 17.1 Å². The molecule has 0 radical (unpaired) electrons. The molecule has 0 atom stereocenters. The van der Waals surface area contributed by atoms with Gasteiger partial charge in [0.05, 0.1) is 0 Å². The van der Waals surface area contributed by atoms with Gasteiger partial charge in [0.15, 0.2) is 0 Å². The average molecular weight is 244 g/mol. The number of benzene rings is 2. The smallest absolute Gasteiger partial charge is 0.251 e. The summed E-state index contributed by atoms with van der Waals surface area (Å²) >= 11 is 5.99. The lowest BCUT2D eigenvalue weighted by Crippen LogP contribution is -2.12. The minimum absolute atomic E-state index is 0.00359. The van der Waals surface area contributed by atoms with Crippen molar-refractivity contribution in [2.45, 2.75) is 6.54 Å². The quantitative estimate of drug-likeness (QED) is 0.819. The van der Waals surface area contributed by atoms with Gasteiger partial charge >= 0.3 is 0 Å². The second kappa shape index (κ2) is 3.90. The van der Waals surface area contributed by atoms with E-state index in [1.165, 1.54) is 0 Å². The minimum atomic E-state index is 0.00359. The van der Waals surface area contributed by atoms with Crippen LogP contribution in [0.25, 0.3) is 11.1 Å². The second-order valence-corrected chi connectivity index (χ2v) is 4.46. The normalized spacial score (nSPS) is 13.4. The van der Waals surface area contributed by atoms with Gasteiger partial charge < -0.3 is 5.32 Å². The molecular formula is C14H10ClNO. The van der Waals surface area contributed by atoms with E-state index in [0.29, 0.717) is 11.6 Å². The standard InChI is InChI=1S/C14H10ClNO/c15-10-4-1-3-9(7-10)11-5-2-6-12-13(11)8-16-14(12)17/h1-7H,8H2,(H,16,17). The van der Waals surface area contributed by atoms with Crippen LogP contribution < -0.4 is 5.32 Å². The Hall–Kier alpha value is -1.80. The van der Waals surface area contributed by atoms with Crippen molar-refractivity contribution < 1.29 is 4.79 Å². The van der Waals surface area contributed by atoms with Gasteiger partial charge in [-0.3, -0.25) is 4.79 Å². The van der Waals surface area contributed by atoms with Crippen LogP contribution in [0, 0.1) is 0 Å². The highest BCUT2D eigenvalue weighted by atomic mass is 35.5. The van der Waals surface area contributed by atoms with Gasteiger partial charge in [-0.25, -0.2) is 0 Å². The number of nitrogens with one attached hydrogen (secondary N) is 1. The monoisotopic (exact) mass is 243 g/mol. The Morgan fingerprint density at radius 2 is 1.82 bits per heavy atom. The summed E-state index contributed by atoms with van der Waals surface area (Å²) < 4.78 is 0. The Labute approximate surface area is 104 Å². The Bertz CT molecular complexity index is 607. The molecule has 1 aliphatic rings. The highest BCUT2D eigenvalue weighted by Gasteiger charge is 2.21. The van der Waals surface area contributed by atoms with Crippen molar-refractivity contribution in [2.75, 3.05) is 0 Å². The lowest BCUT2D eigenvalue weighted by Gasteiger charge is -2.07. The van der Waals surface area contributed by atoms with Crippen LogP contribution in [0.5, 0.6) is 0 Å². The molecule has 0 bridgehead atoms. The molecule has 17 heavy (non-hydrogen) atoms. The van der Waals surface area contributed by atoms with E-state index in [-0.39, 0.29) is 5.91 Å². The van der Waals surface area contributed by atoms with E-state index in [9.17, 15) is 4.79 Å². The minimum Gasteiger partial charge on any atom is -0.348 e. The number of halogens is 1. The molecule has 0 aromatic heterocycles. The van der Waals surface area contributed by atoms with E-state index in [4.69, 9.17) is 11.6 Å². The maximum absolute atomic E-state index is 11.6. The number of carbonyl (C=O) groups excluding carboxylic acids is 1. The SMILES string of the molecule is O=C1NCc2c1cccc2-c1cccc(Cl)c1. The first kappa shape index (κ1) is 10.4. The molecule has 0 fully saturated rings. The largest absolute Gasteiger partial charge is 0.348 e. The number of hydrogen-bond donors (Lipinski definition) is 1. The third kappa shape index (κ3) is 1.71. The van der Waals surface area contributed by atoms with Gasteiger partial charge in [-0.15, -0.1) is 0 Å². The molecule has 1 aliphatic heterocycles. The maximum atomic E-state index is 11.6. The summed E-state index contributed by atoms with van der Waals surface area (Å²) in [5.41, 5.74) is 3.94. The molecule has 2 aromatic rings. The Kier molecular flexibility index (Phi) is 2.37. The summed E-state index contributed by atoms with van der Waals surface area (Å²) in [4.78, 5) is 11.6. The van der Waals surface area contributed by atoms with Gasteiger partial charge in [-0.05, 0) is 34.9 Å². The molecule has 0 saturated heterocycles. The molecule has 2 nitrogen and oxygen atoms in total. The summed E-state index contributed by atoms with van der Waals surface area (Å²) in [5.74, 6) is 0.00359. The van der Waals surface area contributed by atoms with Crippen molar-refractivity contribution in [2.24, 2.45) is 0 Å². The molecular weight excluding hydrogens is 234 g/mol. The van der Waals surface area contributed by atoms with E-state index in [2.05, 4.69) is 5.32 Å². The number of fused-ring (bicyclic) bond motifs is 1. The zero-order valence-corrected chi connectivity index (χ0v) is 9.79. The molecule has 0 unspecified atom stereocenters. The summed E-state index contributed by atoms with van der Waals surface area (Å²) in [7, 11) is 0. The first-order valence-corrected chi connectivity index (χ1v) is 5.79. The molecule has 84 valence electrons. The molecule has 1 N–H and O–H groups in total. The van der Waals surface area contributed by atoms with Gasteiger partial charge in [0.1, 0.15) is 0 Å². The van der Waals surface area contributed by atoms with E-state index < -0.39 is 0 Å². The topological polar surface area (TPSA) is 29.1 Å². The Balaban J connectivity index is 2.20. The molecule has 1 heterocycles. The zero-order chi connectivity index (χ0) is 11.8. The van der Waals surface area contributed by atoms with Crippen LogP contribution in [0.3, 0.4) is 0 Å². The van der Waals surface area contributed by atoms with Gasteiger partial charge in [-0.2, -0.15) is 0 Å². The summed E-state index contributed by atoms with van der Waals surface area (Å²) in [5, 5.41) is 3.54. The molecule has 0 aliphatic carbocycles. The molecule has 3 rings (SSSR count). The van der Waals surface area contributed by atoms with E-state index in [1.807, 2.05) is 42.5 Å². The molecule has 0 saturated carbocycles. The average Bonchev–Trinajstić information content (AvgIpc) is 2.71. The Morgan fingerprint density at radius 1 is 1.06 bits per heavy atom. The summed E-state index contributed by atoms with van der Waals surface area (Å²) in [6, 6.07) is 13.5. The van der Waals surface area contributed by atoms with Crippen LogP contribution in [0.1, 0.15) is 15.9 Å². The zero-order valence-electron chi connectivity index (χ0n) is 9.03. The van der Waals surface area contributed by atoms with Crippen molar-refractivity contribution in [3.05, 3.63) is 58.6 Å². The van der Waals surface area contributed by atoms with Crippen LogP contribution >= 0.6 is 11.6 Å². The van der Waals surface area contributed by atoms with E-state index in [1.54, 1.807) is 0 Å². The molecule has 1 amide bonds. The fourth-order valence-electron chi connectivity index (χ4n) is 2.18. The number of hydrogen-bond acceptors (Lipinski definition) is 1. The van der Waals surface area contributed by atoms with Gasteiger partial charge in [-0.1, -0.05) is 35.9 Å². The lowest BCUT2D eigenvalue weighted by molar-refractivity contribution is 0.0966. The van der Waals surface area contributed by atoms with Crippen molar-refractivity contribution in [1.29, 1.82) is 0 Å². The third-order valence-electron chi connectivity index (χ3n) is 2.98. The van der Waals surface area contributed by atoms with Crippen molar-refractivity contribution in [3.8, 4) is 11.1 Å². The van der Waals surface area contributed by atoms with Crippen LogP contribution in [0.4, 0.5) is 0 Å². The van der Waals surface area contributed by atoms with Crippen LogP contribution in [0.2, 0.25) is 5.02 Å². The fraction of sp³-hybridized carbons (Fsp3) is 0.0714. The first-order valence-electron chi connectivity index (χ1n) is 5.42. The lowest BCUT2D eigenvalue weighted by atomic mass is 9.97. The summed E-state index contributed by atoms with van der Waals surface area (Å²) in [6.07, 6.45) is 0. The molecule has 3 heteroatoms. The Morgan fingerprint density at radius 3 is 2.65 bits per heavy atom. The predicted molar refractivity (Wildman–Crippen MR) is 68.1 cm³/mol. The summed E-state index contributed by atoms with van der Waals surface area (Å²) in [6.45, 7) is 0.594. The predicted octanol–water partition coefficient (Wildman–Crippen LogP) is 3.25. The van der Waals surface area contributed by atoms with E-state index >= 15 is 0 Å². The number of rotatable bonds is 1. The van der Waals surface area contributed by atoms with E-state index in [0.717, 1.165) is 22.3 Å². The van der Waals surface area contributed by atoms with Gasteiger partial charge in [0.25, 0.3) is 5.91 Å². The highest BCUT2D eigenvalue weighted by molar-refractivity contribution is 6.30. The van der Waals surface area contributed by atoms with Crippen molar-refractivity contribution in [1.82, 2.24) is 5.32 Å². The van der Waals surface area contributed by atoms with Crippen molar-refractivity contribution >= 4 is 17.5 Å². The fourth-order valence-corrected chi connectivity index (χ4v) is 2.37. The van der Waals surface area contributed by atoms with Crippen LogP contribution in [0.15, 0.2) is 42.5 Å². The van der Waals surface area contributed by atoms with Crippen molar-refractivity contribution in [3.63, 3.8) is 0 Å². The first-order chi connectivity index (χ1) is 8.25. The number of carbonyl (C=O) groups is 1. The second-order valence-electron chi connectivity index (χ2n) is 4.02. The van der Waals surface area contributed by atoms with Gasteiger partial charge in [0.2, 0.25) is 0 Å². The van der Waals surface area contributed by atoms with Crippen LogP contribution in [-0.4, -0.2) is 5.91 Å². The highest BCUT2D eigenvalue weighted by Crippen LogP contribution is 2.30. The molecule has 0 spiro atoms. The number of amides is 1. The third-order valence-corrected chi connectivity index (χ3v) is 3.22.